The summed E-state index contributed by atoms with van der Waals surface area (Å²) in [6.45, 7) is 11.1. The van der Waals surface area contributed by atoms with Crippen molar-refractivity contribution in [2.24, 2.45) is 5.92 Å². The van der Waals surface area contributed by atoms with Gasteiger partial charge >= 0.3 is 0 Å². The van der Waals surface area contributed by atoms with Gasteiger partial charge in [-0.1, -0.05) is 13.8 Å². The van der Waals surface area contributed by atoms with Crippen LogP contribution in [0.5, 0.6) is 5.75 Å². The highest BCUT2D eigenvalue weighted by Crippen LogP contribution is 2.19. The van der Waals surface area contributed by atoms with Gasteiger partial charge < -0.3 is 15.0 Å². The molecule has 0 aromatic heterocycles. The van der Waals surface area contributed by atoms with Gasteiger partial charge in [0.05, 0.1) is 6.61 Å². The minimum Gasteiger partial charge on any atom is -0.493 e. The highest BCUT2D eigenvalue weighted by atomic mass is 16.5. The quantitative estimate of drug-likeness (QED) is 0.749. The van der Waals surface area contributed by atoms with E-state index in [-0.39, 0.29) is 5.91 Å². The molecule has 0 aliphatic carbocycles. The Balaban J connectivity index is 1.97. The normalized spacial score (nSPS) is 10.6. The van der Waals surface area contributed by atoms with E-state index in [1.807, 2.05) is 36.4 Å². The molecular weight excluding hydrogens is 312 g/mol. The van der Waals surface area contributed by atoms with Crippen LogP contribution in [0.4, 0.5) is 11.4 Å². The van der Waals surface area contributed by atoms with Crippen LogP contribution in [0.15, 0.2) is 48.5 Å². The molecule has 2 rings (SSSR count). The minimum atomic E-state index is -0.119. The number of amides is 1. The Bertz CT molecular complexity index is 659. The van der Waals surface area contributed by atoms with Crippen molar-refractivity contribution >= 4 is 17.3 Å². The number of carbonyl (C=O) groups is 1. The lowest BCUT2D eigenvalue weighted by molar-refractivity contribution is 0.102. The van der Waals surface area contributed by atoms with Gasteiger partial charge in [-0.15, -0.1) is 0 Å². The molecule has 1 amide bonds. The first-order valence-electron chi connectivity index (χ1n) is 8.92. The van der Waals surface area contributed by atoms with Crippen molar-refractivity contribution in [2.75, 3.05) is 29.9 Å². The molecule has 0 heterocycles. The molecule has 1 N–H and O–H groups in total. The van der Waals surface area contributed by atoms with Gasteiger partial charge in [0.2, 0.25) is 0 Å². The van der Waals surface area contributed by atoms with Gasteiger partial charge in [0.1, 0.15) is 5.75 Å². The summed E-state index contributed by atoms with van der Waals surface area (Å²) in [6.07, 6.45) is 0. The average molecular weight is 340 g/mol. The summed E-state index contributed by atoms with van der Waals surface area (Å²) in [5.41, 5.74) is 2.57. The van der Waals surface area contributed by atoms with Crippen molar-refractivity contribution in [1.29, 1.82) is 0 Å². The van der Waals surface area contributed by atoms with Crippen molar-refractivity contribution in [2.45, 2.75) is 27.7 Å². The SMILES string of the molecule is CCN(CC)c1ccc(NC(=O)c2ccc(OCC(C)C)cc2)cc1. The van der Waals surface area contributed by atoms with Crippen LogP contribution in [0.1, 0.15) is 38.1 Å². The van der Waals surface area contributed by atoms with E-state index in [4.69, 9.17) is 4.74 Å². The van der Waals surface area contributed by atoms with Gasteiger partial charge in [-0.2, -0.15) is 0 Å². The zero-order valence-electron chi connectivity index (χ0n) is 15.6. The molecule has 2 aromatic rings. The topological polar surface area (TPSA) is 41.6 Å². The Morgan fingerprint density at radius 3 is 2.12 bits per heavy atom. The van der Waals surface area contributed by atoms with E-state index in [1.165, 1.54) is 0 Å². The van der Waals surface area contributed by atoms with Crippen LogP contribution in [0, 0.1) is 5.92 Å². The molecule has 0 fully saturated rings. The molecule has 0 spiro atoms. The second kappa shape index (κ2) is 9.11. The molecule has 0 aliphatic rings. The van der Waals surface area contributed by atoms with E-state index >= 15 is 0 Å². The first-order valence-corrected chi connectivity index (χ1v) is 8.92. The van der Waals surface area contributed by atoms with Crippen LogP contribution < -0.4 is 15.0 Å². The van der Waals surface area contributed by atoms with Crippen LogP contribution in [-0.4, -0.2) is 25.6 Å². The molecule has 0 radical (unpaired) electrons. The molecule has 0 bridgehead atoms. The van der Waals surface area contributed by atoms with E-state index < -0.39 is 0 Å². The molecule has 4 nitrogen and oxygen atoms in total. The number of benzene rings is 2. The molecule has 25 heavy (non-hydrogen) atoms. The van der Waals surface area contributed by atoms with Crippen molar-refractivity contribution < 1.29 is 9.53 Å². The Kier molecular flexibility index (Phi) is 6.87. The average Bonchev–Trinajstić information content (AvgIpc) is 2.62. The molecule has 0 aliphatic heterocycles. The first kappa shape index (κ1) is 18.8. The fourth-order valence-corrected chi connectivity index (χ4v) is 2.51. The van der Waals surface area contributed by atoms with Crippen molar-refractivity contribution in [3.63, 3.8) is 0 Å². The summed E-state index contributed by atoms with van der Waals surface area (Å²) in [6, 6.07) is 15.2. The highest BCUT2D eigenvalue weighted by molar-refractivity contribution is 6.04. The van der Waals surface area contributed by atoms with Crippen LogP contribution in [-0.2, 0) is 0 Å². The minimum absolute atomic E-state index is 0.119. The number of hydrogen-bond donors (Lipinski definition) is 1. The first-order chi connectivity index (χ1) is 12.0. The Labute approximate surface area is 150 Å². The lowest BCUT2D eigenvalue weighted by atomic mass is 10.2. The summed E-state index contributed by atoms with van der Waals surface area (Å²) >= 11 is 0. The highest BCUT2D eigenvalue weighted by Gasteiger charge is 2.08. The van der Waals surface area contributed by atoms with Gasteiger partial charge in [0.25, 0.3) is 5.91 Å². The fraction of sp³-hybridized carbons (Fsp3) is 0.381. The van der Waals surface area contributed by atoms with Gasteiger partial charge in [0, 0.05) is 30.0 Å². The molecule has 0 atom stereocenters. The maximum atomic E-state index is 12.4. The van der Waals surface area contributed by atoms with Gasteiger partial charge in [-0.05, 0) is 68.3 Å². The molecular formula is C21H28N2O2. The number of nitrogens with one attached hydrogen (secondary N) is 1. The number of carbonyl (C=O) groups excluding carboxylic acids is 1. The van der Waals surface area contributed by atoms with Crippen LogP contribution in [0.2, 0.25) is 0 Å². The monoisotopic (exact) mass is 340 g/mol. The Hall–Kier alpha value is -2.49. The van der Waals surface area contributed by atoms with Crippen molar-refractivity contribution in [3.05, 3.63) is 54.1 Å². The second-order valence-electron chi connectivity index (χ2n) is 6.40. The fourth-order valence-electron chi connectivity index (χ4n) is 2.51. The van der Waals surface area contributed by atoms with E-state index in [0.717, 1.165) is 30.2 Å². The zero-order chi connectivity index (χ0) is 18.2. The molecule has 0 saturated carbocycles. The second-order valence-corrected chi connectivity index (χ2v) is 6.40. The van der Waals surface area contributed by atoms with Crippen LogP contribution in [0.25, 0.3) is 0 Å². The summed E-state index contributed by atoms with van der Waals surface area (Å²) in [7, 11) is 0. The van der Waals surface area contributed by atoms with E-state index in [0.29, 0.717) is 18.1 Å². The summed E-state index contributed by atoms with van der Waals surface area (Å²) < 4.78 is 5.64. The van der Waals surface area contributed by atoms with E-state index in [2.05, 4.69) is 37.9 Å². The molecule has 4 heteroatoms. The summed E-state index contributed by atoms with van der Waals surface area (Å²) in [4.78, 5) is 14.6. The number of nitrogens with zero attached hydrogens (tertiary/aromatic N) is 1. The van der Waals surface area contributed by atoms with Gasteiger partial charge in [-0.25, -0.2) is 0 Å². The van der Waals surface area contributed by atoms with Crippen LogP contribution in [0.3, 0.4) is 0 Å². The van der Waals surface area contributed by atoms with Crippen molar-refractivity contribution in [3.8, 4) is 5.75 Å². The Morgan fingerprint density at radius 1 is 1.00 bits per heavy atom. The molecule has 0 saturated heterocycles. The smallest absolute Gasteiger partial charge is 0.255 e. The van der Waals surface area contributed by atoms with Crippen molar-refractivity contribution in [1.82, 2.24) is 0 Å². The van der Waals surface area contributed by atoms with Crippen LogP contribution >= 0.6 is 0 Å². The predicted molar refractivity (Wildman–Crippen MR) is 105 cm³/mol. The lowest BCUT2D eigenvalue weighted by Gasteiger charge is -2.21. The van der Waals surface area contributed by atoms with E-state index in [9.17, 15) is 4.79 Å². The van der Waals surface area contributed by atoms with Gasteiger partial charge in [-0.3, -0.25) is 4.79 Å². The molecule has 0 unspecified atom stereocenters. The standard InChI is InChI=1S/C21H28N2O2/c1-5-23(6-2)19-11-9-18(10-12-19)22-21(24)17-7-13-20(14-8-17)25-15-16(3)4/h7-14,16H,5-6,15H2,1-4H3,(H,22,24). The number of anilines is 2. The number of rotatable bonds is 8. The number of hydrogen-bond acceptors (Lipinski definition) is 3. The maximum absolute atomic E-state index is 12.4. The zero-order valence-corrected chi connectivity index (χ0v) is 15.6. The van der Waals surface area contributed by atoms with E-state index in [1.54, 1.807) is 12.1 Å². The molecule has 134 valence electrons. The summed E-state index contributed by atoms with van der Waals surface area (Å²) in [5, 5.41) is 2.93. The van der Waals surface area contributed by atoms with Gasteiger partial charge in [0.15, 0.2) is 0 Å². The largest absolute Gasteiger partial charge is 0.493 e. The maximum Gasteiger partial charge on any atom is 0.255 e. The third-order valence-corrected chi connectivity index (χ3v) is 3.95. The summed E-state index contributed by atoms with van der Waals surface area (Å²) in [5.74, 6) is 1.14. The predicted octanol–water partition coefficient (Wildman–Crippen LogP) is 4.82. The lowest BCUT2D eigenvalue weighted by Crippen LogP contribution is -2.21. The third kappa shape index (κ3) is 5.52. The number of ether oxygens (including phenoxy) is 1. The molecule has 2 aromatic carbocycles. The Morgan fingerprint density at radius 2 is 1.60 bits per heavy atom. The third-order valence-electron chi connectivity index (χ3n) is 3.95.